The Balaban J connectivity index is 0.00000102. The molecule has 34 heavy (non-hydrogen) atoms. The first kappa shape index (κ1) is 30.2. The van der Waals surface area contributed by atoms with Gasteiger partial charge in [-0.3, -0.25) is 5.10 Å². The van der Waals surface area contributed by atoms with Crippen molar-refractivity contribution in [3.63, 3.8) is 0 Å². The largest absolute Gasteiger partial charge is 0.371 e. The lowest BCUT2D eigenvalue weighted by molar-refractivity contribution is 0.555. The molecular formula is C30H54N4. The molecule has 0 bridgehead atoms. The zero-order chi connectivity index (χ0) is 24.7. The van der Waals surface area contributed by atoms with E-state index in [9.17, 15) is 0 Å². The van der Waals surface area contributed by atoms with E-state index in [-0.39, 0.29) is 0 Å². The molecule has 2 rings (SSSR count). The van der Waals surface area contributed by atoms with Crippen molar-refractivity contribution >= 4 is 5.69 Å². The Morgan fingerprint density at radius 2 is 1.18 bits per heavy atom. The highest BCUT2D eigenvalue weighted by atomic mass is 15.3. The number of rotatable bonds is 19. The van der Waals surface area contributed by atoms with E-state index in [2.05, 4.69) is 66.2 Å². The van der Waals surface area contributed by atoms with E-state index in [1.165, 1.54) is 133 Å². The number of aryl methyl sites for hydroxylation is 1. The number of hydrogen-bond donors (Lipinski definition) is 1. The molecule has 0 spiro atoms. The predicted molar refractivity (Wildman–Crippen MR) is 150 cm³/mol. The summed E-state index contributed by atoms with van der Waals surface area (Å²) in [5, 5.41) is 9.26. The van der Waals surface area contributed by atoms with Crippen LogP contribution in [0.4, 0.5) is 5.69 Å². The molecule has 0 fully saturated rings. The van der Waals surface area contributed by atoms with Gasteiger partial charge < -0.3 is 4.90 Å². The lowest BCUT2D eigenvalue weighted by Gasteiger charge is -2.27. The lowest BCUT2D eigenvalue weighted by Crippen LogP contribution is -2.26. The van der Waals surface area contributed by atoms with Gasteiger partial charge in [0.15, 0.2) is 0 Å². The van der Waals surface area contributed by atoms with Crippen molar-refractivity contribution in [3.8, 4) is 0 Å². The standard InChI is InChI=1S/C28H51N.C2H3N3/c1-5-7-9-11-13-15-17-19-24-29(28-23-21-22-26(3)27(28)4)25-20-18-16-14-12-10-8-6-2;1-2-4-5-3-1/h21-23H,5-20,24-25H2,1-4H3;1-2H,(H,3,4,5). The highest BCUT2D eigenvalue weighted by Crippen LogP contribution is 2.24. The molecule has 0 aliphatic rings. The Hall–Kier alpha value is -1.84. The van der Waals surface area contributed by atoms with Crippen molar-refractivity contribution in [2.45, 2.75) is 130 Å². The van der Waals surface area contributed by atoms with Gasteiger partial charge in [-0.1, -0.05) is 121 Å². The molecule has 4 nitrogen and oxygen atoms in total. The number of benzene rings is 1. The molecule has 1 heterocycles. The van der Waals surface area contributed by atoms with Crippen molar-refractivity contribution in [1.29, 1.82) is 0 Å². The molecule has 1 aromatic heterocycles. The maximum Gasteiger partial charge on any atom is 0.0690 e. The normalized spacial score (nSPS) is 10.7. The molecule has 0 aliphatic carbocycles. The Labute approximate surface area is 211 Å². The third-order valence-electron chi connectivity index (χ3n) is 6.81. The fourth-order valence-corrected chi connectivity index (χ4v) is 4.47. The van der Waals surface area contributed by atoms with Gasteiger partial charge in [-0.15, -0.1) is 5.10 Å². The van der Waals surface area contributed by atoms with Crippen LogP contribution < -0.4 is 4.90 Å². The van der Waals surface area contributed by atoms with Gasteiger partial charge >= 0.3 is 0 Å². The second-order valence-corrected chi connectivity index (χ2v) is 9.82. The molecule has 0 unspecified atom stereocenters. The number of aromatic amines is 1. The number of nitrogens with zero attached hydrogens (tertiary/aromatic N) is 3. The molecule has 0 saturated heterocycles. The minimum Gasteiger partial charge on any atom is -0.371 e. The molecule has 1 aromatic carbocycles. The van der Waals surface area contributed by atoms with Crippen LogP contribution in [0.3, 0.4) is 0 Å². The molecule has 2 aromatic rings. The van der Waals surface area contributed by atoms with E-state index >= 15 is 0 Å². The predicted octanol–water partition coefficient (Wildman–Crippen LogP) is 9.20. The Kier molecular flexibility index (Phi) is 19.2. The minimum absolute atomic E-state index is 1.23. The Morgan fingerprint density at radius 1 is 0.676 bits per heavy atom. The first-order valence-corrected chi connectivity index (χ1v) is 14.3. The van der Waals surface area contributed by atoms with Crippen LogP contribution in [0, 0.1) is 13.8 Å². The summed E-state index contributed by atoms with van der Waals surface area (Å²) in [5.74, 6) is 0. The third-order valence-corrected chi connectivity index (χ3v) is 6.81. The van der Waals surface area contributed by atoms with Crippen molar-refractivity contribution < 1.29 is 0 Å². The molecule has 194 valence electrons. The minimum atomic E-state index is 1.23. The summed E-state index contributed by atoms with van der Waals surface area (Å²) < 4.78 is 0. The van der Waals surface area contributed by atoms with Crippen LogP contribution in [0.25, 0.3) is 0 Å². The monoisotopic (exact) mass is 470 g/mol. The van der Waals surface area contributed by atoms with Gasteiger partial charge in [0.1, 0.15) is 0 Å². The van der Waals surface area contributed by atoms with Gasteiger partial charge in [0.2, 0.25) is 0 Å². The Morgan fingerprint density at radius 3 is 1.59 bits per heavy atom. The van der Waals surface area contributed by atoms with E-state index in [0.717, 1.165) is 0 Å². The number of aromatic nitrogens is 3. The maximum absolute atomic E-state index is 3.42. The van der Waals surface area contributed by atoms with E-state index in [0.29, 0.717) is 0 Å². The summed E-state index contributed by atoms with van der Waals surface area (Å²) in [7, 11) is 0. The first-order chi connectivity index (χ1) is 16.7. The third kappa shape index (κ3) is 15.1. The number of unbranched alkanes of at least 4 members (excludes halogenated alkanes) is 14. The van der Waals surface area contributed by atoms with Crippen LogP contribution in [0.15, 0.2) is 30.6 Å². The van der Waals surface area contributed by atoms with Crippen molar-refractivity contribution in [2.75, 3.05) is 18.0 Å². The van der Waals surface area contributed by atoms with Crippen LogP contribution in [0.2, 0.25) is 0 Å². The second kappa shape index (κ2) is 21.7. The zero-order valence-electron chi connectivity index (χ0n) is 23.0. The molecule has 0 amide bonds. The first-order valence-electron chi connectivity index (χ1n) is 14.3. The van der Waals surface area contributed by atoms with Crippen LogP contribution in [0.5, 0.6) is 0 Å². The van der Waals surface area contributed by atoms with E-state index in [1.54, 1.807) is 12.4 Å². The summed E-state index contributed by atoms with van der Waals surface area (Å²) in [4.78, 5) is 2.69. The highest BCUT2D eigenvalue weighted by molar-refractivity contribution is 5.55. The number of H-pyrrole nitrogens is 1. The van der Waals surface area contributed by atoms with Gasteiger partial charge in [0.25, 0.3) is 0 Å². The van der Waals surface area contributed by atoms with Gasteiger partial charge in [-0.05, 0) is 43.9 Å². The van der Waals surface area contributed by atoms with Crippen LogP contribution in [-0.2, 0) is 0 Å². The molecule has 0 saturated carbocycles. The maximum atomic E-state index is 3.42. The van der Waals surface area contributed by atoms with Gasteiger partial charge in [0, 0.05) is 25.0 Å². The Bertz CT molecular complexity index is 631. The summed E-state index contributed by atoms with van der Waals surface area (Å²) >= 11 is 0. The molecule has 1 N–H and O–H groups in total. The summed E-state index contributed by atoms with van der Waals surface area (Å²) in [6.07, 6.45) is 25.7. The van der Waals surface area contributed by atoms with Gasteiger partial charge in [0.05, 0.1) is 6.20 Å². The second-order valence-electron chi connectivity index (χ2n) is 9.82. The van der Waals surface area contributed by atoms with Crippen molar-refractivity contribution in [3.05, 3.63) is 41.7 Å². The fraction of sp³-hybridized carbons (Fsp3) is 0.733. The quantitative estimate of drug-likeness (QED) is 0.208. The van der Waals surface area contributed by atoms with Crippen LogP contribution in [0.1, 0.15) is 128 Å². The SMILES string of the molecule is CCCCCCCCCCN(CCCCCCCCCC)c1cccc(C)c1C.c1c[nH]nn1. The number of anilines is 1. The van der Waals surface area contributed by atoms with Gasteiger partial charge in [-0.25, -0.2) is 0 Å². The van der Waals surface area contributed by atoms with Crippen molar-refractivity contribution in [1.82, 2.24) is 15.4 Å². The lowest BCUT2D eigenvalue weighted by atomic mass is 10.0. The molecular weight excluding hydrogens is 416 g/mol. The van der Waals surface area contributed by atoms with Crippen molar-refractivity contribution in [2.24, 2.45) is 0 Å². The van der Waals surface area contributed by atoms with E-state index in [4.69, 9.17) is 0 Å². The van der Waals surface area contributed by atoms with Crippen LogP contribution >= 0.6 is 0 Å². The number of nitrogens with one attached hydrogen (secondary N) is 1. The number of hydrogen-bond acceptors (Lipinski definition) is 3. The van der Waals surface area contributed by atoms with E-state index in [1.807, 2.05) is 0 Å². The zero-order valence-corrected chi connectivity index (χ0v) is 23.0. The van der Waals surface area contributed by atoms with E-state index < -0.39 is 0 Å². The average molecular weight is 471 g/mol. The highest BCUT2D eigenvalue weighted by Gasteiger charge is 2.10. The fourth-order valence-electron chi connectivity index (χ4n) is 4.47. The molecule has 4 heteroatoms. The molecule has 0 atom stereocenters. The molecule has 0 aliphatic heterocycles. The summed E-state index contributed by atoms with van der Waals surface area (Å²) in [5.41, 5.74) is 4.39. The topological polar surface area (TPSA) is 44.8 Å². The smallest absolute Gasteiger partial charge is 0.0690 e. The summed E-state index contributed by atoms with van der Waals surface area (Å²) in [6, 6.07) is 6.84. The van der Waals surface area contributed by atoms with Gasteiger partial charge in [-0.2, -0.15) is 0 Å². The summed E-state index contributed by atoms with van der Waals surface area (Å²) in [6.45, 7) is 11.6. The molecule has 0 radical (unpaired) electrons. The van der Waals surface area contributed by atoms with Crippen LogP contribution in [-0.4, -0.2) is 28.5 Å². The average Bonchev–Trinajstić information content (AvgIpc) is 3.43.